The molecule has 0 amide bonds. The first-order valence-electron chi connectivity index (χ1n) is 26.1. The fourth-order valence-electron chi connectivity index (χ4n) is 6.40. The monoisotopic (exact) mass is 921 g/mol. The molecule has 0 bridgehead atoms. The van der Waals surface area contributed by atoms with Crippen LogP contribution < -0.4 is 0 Å². The van der Waals surface area contributed by atoms with Crippen molar-refractivity contribution < 1.29 is 28.6 Å². The van der Waals surface area contributed by atoms with Crippen LogP contribution in [-0.4, -0.2) is 37.2 Å². The van der Waals surface area contributed by atoms with Crippen LogP contribution in [0.15, 0.2) is 158 Å². The van der Waals surface area contributed by atoms with Crippen LogP contribution in [0.4, 0.5) is 0 Å². The van der Waals surface area contributed by atoms with Crippen molar-refractivity contribution >= 4 is 17.9 Å². The maximum atomic E-state index is 12.8. The van der Waals surface area contributed by atoms with Gasteiger partial charge in [0.05, 0.1) is 0 Å². The molecule has 0 aromatic rings. The van der Waals surface area contributed by atoms with Crippen LogP contribution in [0.2, 0.25) is 0 Å². The van der Waals surface area contributed by atoms with Crippen LogP contribution in [0.1, 0.15) is 188 Å². The Morgan fingerprint density at radius 1 is 0.313 bits per heavy atom. The van der Waals surface area contributed by atoms with E-state index >= 15 is 0 Å². The maximum absolute atomic E-state index is 12.8. The van der Waals surface area contributed by atoms with Gasteiger partial charge in [0, 0.05) is 19.3 Å². The number of esters is 3. The summed E-state index contributed by atoms with van der Waals surface area (Å²) in [6.45, 7) is 6.15. The van der Waals surface area contributed by atoms with E-state index < -0.39 is 6.10 Å². The zero-order valence-electron chi connectivity index (χ0n) is 42.3. The Balaban J connectivity index is 4.56. The molecule has 0 rings (SSSR count). The van der Waals surface area contributed by atoms with Crippen LogP contribution in [0.5, 0.6) is 0 Å². The predicted molar refractivity (Wildman–Crippen MR) is 288 cm³/mol. The van der Waals surface area contributed by atoms with Gasteiger partial charge in [-0.1, -0.05) is 230 Å². The number of rotatable bonds is 44. The summed E-state index contributed by atoms with van der Waals surface area (Å²) in [6, 6.07) is 0. The molecule has 0 aromatic heterocycles. The van der Waals surface area contributed by atoms with Crippen molar-refractivity contribution in [3.63, 3.8) is 0 Å². The van der Waals surface area contributed by atoms with Crippen LogP contribution in [0, 0.1) is 0 Å². The number of carbonyl (C=O) groups is 3. The summed E-state index contributed by atoms with van der Waals surface area (Å²) in [5.41, 5.74) is 0. The highest BCUT2D eigenvalue weighted by atomic mass is 16.6. The first-order valence-corrected chi connectivity index (χ1v) is 26.1. The van der Waals surface area contributed by atoms with E-state index in [1.54, 1.807) is 0 Å². The minimum Gasteiger partial charge on any atom is -0.462 e. The molecule has 1 unspecified atom stereocenters. The van der Waals surface area contributed by atoms with E-state index in [-0.39, 0.29) is 37.5 Å². The molecule has 0 heterocycles. The molecular weight excluding hydrogens is 829 g/mol. The highest BCUT2D eigenvalue weighted by molar-refractivity contribution is 5.71. The SMILES string of the molecule is CC/C=C/C=C/C=C/C=C/C=C/C=C/CCCCCC(=O)OC(COC(=O)CCCCCCC/C=C/C=C/C=C/CC)COC(=O)CCCCCCCC/C=C/C/C=C/C/C=C/C/C=C/CC. The van der Waals surface area contributed by atoms with Gasteiger partial charge in [0.2, 0.25) is 0 Å². The van der Waals surface area contributed by atoms with Gasteiger partial charge >= 0.3 is 17.9 Å². The van der Waals surface area contributed by atoms with Gasteiger partial charge in [-0.25, -0.2) is 0 Å². The lowest BCUT2D eigenvalue weighted by molar-refractivity contribution is -0.167. The molecule has 6 nitrogen and oxygen atoms in total. The molecule has 0 saturated heterocycles. The van der Waals surface area contributed by atoms with E-state index in [4.69, 9.17) is 14.2 Å². The van der Waals surface area contributed by atoms with Gasteiger partial charge in [0.25, 0.3) is 0 Å². The van der Waals surface area contributed by atoms with Crippen LogP contribution in [-0.2, 0) is 28.6 Å². The number of allylic oxidation sites excluding steroid dienone is 26. The van der Waals surface area contributed by atoms with Crippen molar-refractivity contribution in [2.75, 3.05) is 13.2 Å². The second-order valence-electron chi connectivity index (χ2n) is 16.5. The average Bonchev–Trinajstić information content (AvgIpc) is 3.33. The normalized spacial score (nSPS) is 13.4. The summed E-state index contributed by atoms with van der Waals surface area (Å²) >= 11 is 0. The van der Waals surface area contributed by atoms with E-state index in [2.05, 4.69) is 112 Å². The van der Waals surface area contributed by atoms with Gasteiger partial charge < -0.3 is 14.2 Å². The summed E-state index contributed by atoms with van der Waals surface area (Å²) in [5.74, 6) is -1.01. The molecule has 372 valence electrons. The molecular formula is C61H92O6. The third kappa shape index (κ3) is 51.9. The fraction of sp³-hybridized carbons (Fsp3) is 0.525. The Hall–Kier alpha value is -4.97. The number of unbranched alkanes of at least 4 members (excludes halogenated alkanes) is 14. The molecule has 0 saturated carbocycles. The first-order chi connectivity index (χ1) is 33.0. The summed E-state index contributed by atoms with van der Waals surface area (Å²) in [4.78, 5) is 38.0. The molecule has 0 radical (unpaired) electrons. The lowest BCUT2D eigenvalue weighted by Crippen LogP contribution is -2.30. The van der Waals surface area contributed by atoms with E-state index in [1.165, 1.54) is 12.8 Å². The van der Waals surface area contributed by atoms with Crippen molar-refractivity contribution in [2.24, 2.45) is 0 Å². The molecule has 0 spiro atoms. The van der Waals surface area contributed by atoms with Gasteiger partial charge in [-0.15, -0.1) is 0 Å². The van der Waals surface area contributed by atoms with Crippen molar-refractivity contribution in [3.8, 4) is 0 Å². The molecule has 67 heavy (non-hydrogen) atoms. The lowest BCUT2D eigenvalue weighted by atomic mass is 10.1. The highest BCUT2D eigenvalue weighted by Gasteiger charge is 2.19. The van der Waals surface area contributed by atoms with E-state index in [9.17, 15) is 14.4 Å². The zero-order chi connectivity index (χ0) is 48.6. The van der Waals surface area contributed by atoms with Crippen LogP contribution >= 0.6 is 0 Å². The second kappa shape index (κ2) is 53.6. The molecule has 0 fully saturated rings. The van der Waals surface area contributed by atoms with Gasteiger partial charge in [-0.3, -0.25) is 14.4 Å². The Morgan fingerprint density at radius 2 is 0.612 bits per heavy atom. The summed E-state index contributed by atoms with van der Waals surface area (Å²) in [5, 5.41) is 0. The Bertz CT molecular complexity index is 1570. The average molecular weight is 921 g/mol. The number of ether oxygens (including phenoxy) is 3. The smallest absolute Gasteiger partial charge is 0.306 e. The Morgan fingerprint density at radius 3 is 1.03 bits per heavy atom. The number of carbonyl (C=O) groups excluding carboxylic acids is 3. The summed E-state index contributed by atoms with van der Waals surface area (Å²) in [6.07, 6.45) is 77.9. The maximum Gasteiger partial charge on any atom is 0.306 e. The third-order valence-corrected chi connectivity index (χ3v) is 10.2. The van der Waals surface area contributed by atoms with Gasteiger partial charge in [-0.2, -0.15) is 0 Å². The second-order valence-corrected chi connectivity index (χ2v) is 16.5. The van der Waals surface area contributed by atoms with Crippen molar-refractivity contribution in [3.05, 3.63) is 158 Å². The molecule has 0 aromatic carbocycles. The van der Waals surface area contributed by atoms with Crippen LogP contribution in [0.25, 0.3) is 0 Å². The van der Waals surface area contributed by atoms with Gasteiger partial charge in [0.15, 0.2) is 6.10 Å². The lowest BCUT2D eigenvalue weighted by Gasteiger charge is -2.18. The topological polar surface area (TPSA) is 78.9 Å². The predicted octanol–water partition coefficient (Wildman–Crippen LogP) is 17.4. The highest BCUT2D eigenvalue weighted by Crippen LogP contribution is 2.13. The zero-order valence-corrected chi connectivity index (χ0v) is 42.3. The van der Waals surface area contributed by atoms with E-state index in [0.29, 0.717) is 19.3 Å². The standard InChI is InChI=1S/C61H92O6/c1-4-7-10-13-16-19-22-25-27-29-30-32-33-36-39-42-45-48-51-54-60(63)66-57-58(56-65-59(62)53-50-47-44-41-38-35-24-21-18-15-12-9-6-3)67-61(64)55-52-49-46-43-40-37-34-31-28-26-23-20-17-14-11-8-5-2/h7-12,14-21,23-28,30-32,34,37,40,58H,4-6,13,22,29,33,35-36,38-39,41-57H2,1-3H3/b10-7+,11-8+,12-9+,17-14+,18-15+,19-16+,23-20+,24-21+,27-25+,28-26+,32-30+,34-31+,40-37+. The third-order valence-electron chi connectivity index (χ3n) is 10.2. The molecule has 0 aliphatic carbocycles. The summed E-state index contributed by atoms with van der Waals surface area (Å²) in [7, 11) is 0. The van der Waals surface area contributed by atoms with Crippen molar-refractivity contribution in [1.82, 2.24) is 0 Å². The summed E-state index contributed by atoms with van der Waals surface area (Å²) < 4.78 is 16.7. The molecule has 0 aliphatic rings. The first kappa shape index (κ1) is 62.0. The van der Waals surface area contributed by atoms with E-state index in [0.717, 1.165) is 128 Å². The van der Waals surface area contributed by atoms with E-state index in [1.807, 2.05) is 66.8 Å². The Labute approximate surface area is 409 Å². The molecule has 1 atom stereocenters. The van der Waals surface area contributed by atoms with Gasteiger partial charge in [0.1, 0.15) is 13.2 Å². The number of hydrogen-bond donors (Lipinski definition) is 0. The van der Waals surface area contributed by atoms with Crippen LogP contribution in [0.3, 0.4) is 0 Å². The minimum atomic E-state index is -0.824. The quantitative estimate of drug-likeness (QED) is 0.0199. The molecule has 0 aliphatic heterocycles. The molecule has 0 N–H and O–H groups in total. The van der Waals surface area contributed by atoms with Crippen molar-refractivity contribution in [1.29, 1.82) is 0 Å². The Kier molecular flexibility index (Phi) is 49.7. The van der Waals surface area contributed by atoms with Crippen molar-refractivity contribution in [2.45, 2.75) is 194 Å². The molecule has 6 heteroatoms. The minimum absolute atomic E-state index is 0.119. The number of hydrogen-bond acceptors (Lipinski definition) is 6. The fourth-order valence-corrected chi connectivity index (χ4v) is 6.40. The van der Waals surface area contributed by atoms with Gasteiger partial charge in [-0.05, 0) is 96.3 Å². The largest absolute Gasteiger partial charge is 0.462 e.